The molecule has 3 aliphatic rings. The van der Waals surface area contributed by atoms with Gasteiger partial charge in [0.05, 0.1) is 22.4 Å². The lowest BCUT2D eigenvalue weighted by molar-refractivity contribution is -0.120. The second kappa shape index (κ2) is 7.75. The van der Waals surface area contributed by atoms with Crippen LogP contribution in [0.1, 0.15) is 41.4 Å². The summed E-state index contributed by atoms with van der Waals surface area (Å²) in [7, 11) is 0. The normalized spacial score (nSPS) is 22.4. The largest absolute Gasteiger partial charge is 0.390 e. The first-order chi connectivity index (χ1) is 14.7. The monoisotopic (exact) mass is 405 g/mol. The Labute approximate surface area is 173 Å². The van der Waals surface area contributed by atoms with Gasteiger partial charge in [0.1, 0.15) is 12.2 Å². The number of aromatic amines is 1. The highest BCUT2D eigenvalue weighted by molar-refractivity contribution is 6.02. The van der Waals surface area contributed by atoms with Crippen molar-refractivity contribution in [1.82, 2.24) is 31.2 Å². The van der Waals surface area contributed by atoms with Gasteiger partial charge in [-0.25, -0.2) is 10.9 Å². The summed E-state index contributed by atoms with van der Waals surface area (Å²) in [6.07, 6.45) is 13.7. The molecular formula is C21H23N7O2. The van der Waals surface area contributed by atoms with Crippen LogP contribution in [0.2, 0.25) is 0 Å². The van der Waals surface area contributed by atoms with E-state index in [-0.39, 0.29) is 5.91 Å². The van der Waals surface area contributed by atoms with Crippen LogP contribution in [0.3, 0.4) is 0 Å². The van der Waals surface area contributed by atoms with Gasteiger partial charge in [0.2, 0.25) is 0 Å². The van der Waals surface area contributed by atoms with Crippen LogP contribution < -0.4 is 26.8 Å². The molecule has 0 aromatic carbocycles. The zero-order valence-corrected chi connectivity index (χ0v) is 16.6. The third-order valence-electron chi connectivity index (χ3n) is 5.49. The fourth-order valence-corrected chi connectivity index (χ4v) is 3.83. The number of nitrogens with one attached hydrogen (secondary N) is 4. The maximum absolute atomic E-state index is 12.1. The van der Waals surface area contributed by atoms with Crippen LogP contribution in [-0.4, -0.2) is 39.7 Å². The van der Waals surface area contributed by atoms with Crippen LogP contribution in [0.5, 0.6) is 0 Å². The number of hydrogen-bond acceptors (Lipinski definition) is 7. The lowest BCUT2D eigenvalue weighted by Crippen LogP contribution is -2.32. The molecule has 30 heavy (non-hydrogen) atoms. The molecule has 1 atom stereocenters. The van der Waals surface area contributed by atoms with Gasteiger partial charge >= 0.3 is 0 Å². The van der Waals surface area contributed by atoms with Crippen molar-refractivity contribution >= 4 is 23.9 Å². The minimum atomic E-state index is -0.549. The molecule has 1 saturated carbocycles. The van der Waals surface area contributed by atoms with Crippen LogP contribution >= 0.6 is 0 Å². The number of hydrogen-bond donors (Lipinski definition) is 4. The van der Waals surface area contributed by atoms with E-state index < -0.39 is 5.92 Å². The molecule has 1 amide bonds. The highest BCUT2D eigenvalue weighted by Crippen LogP contribution is 2.19. The van der Waals surface area contributed by atoms with Crippen molar-refractivity contribution in [2.24, 2.45) is 5.10 Å². The average Bonchev–Trinajstić information content (AvgIpc) is 3.10. The smallest absolute Gasteiger partial charge is 0.254 e. The van der Waals surface area contributed by atoms with Gasteiger partial charge in [-0.05, 0) is 44.4 Å². The van der Waals surface area contributed by atoms with Gasteiger partial charge in [-0.15, -0.1) is 0 Å². The highest BCUT2D eigenvalue weighted by Gasteiger charge is 2.27. The standard InChI is InChI=1S/C21H23N7O2/c1-12-14(4-6-22-13-2-3-13)19(16-5-9-30-28-16)17(26-12)10-18-20(24-8-7-23-18)15-11-25-27-21(15)29/h5,7-11,13,15,22,26,28H,2-4,6H2,1H3,(H,27,29). The summed E-state index contributed by atoms with van der Waals surface area (Å²) in [6.45, 7) is 2.99. The molecule has 0 radical (unpaired) electrons. The number of amides is 1. The molecule has 9 nitrogen and oxygen atoms in total. The maximum Gasteiger partial charge on any atom is 0.254 e. The van der Waals surface area contributed by atoms with Crippen molar-refractivity contribution in [2.75, 3.05) is 6.54 Å². The first-order valence-corrected chi connectivity index (χ1v) is 10.1. The van der Waals surface area contributed by atoms with Gasteiger partial charge in [0.15, 0.2) is 0 Å². The number of nitrogens with zero attached hydrogens (tertiary/aromatic N) is 3. The lowest BCUT2D eigenvalue weighted by Gasteiger charge is -2.06. The zero-order valence-electron chi connectivity index (χ0n) is 16.6. The molecule has 2 aliphatic heterocycles. The molecule has 0 spiro atoms. The van der Waals surface area contributed by atoms with Crippen LogP contribution in [0, 0.1) is 6.92 Å². The molecule has 0 saturated heterocycles. The number of H-pyrrole nitrogens is 1. The Morgan fingerprint density at radius 1 is 1.30 bits per heavy atom. The molecule has 1 aliphatic carbocycles. The van der Waals surface area contributed by atoms with Crippen molar-refractivity contribution < 1.29 is 9.63 Å². The molecule has 4 N–H and O–H groups in total. The van der Waals surface area contributed by atoms with Crippen LogP contribution in [0.25, 0.3) is 11.8 Å². The summed E-state index contributed by atoms with van der Waals surface area (Å²) < 4.78 is 0. The number of hydrazone groups is 1. The van der Waals surface area contributed by atoms with Crippen molar-refractivity contribution in [3.05, 3.63) is 57.9 Å². The number of carbonyl (C=O) groups excluding carboxylic acids is 1. The molecular weight excluding hydrogens is 382 g/mol. The van der Waals surface area contributed by atoms with Crippen LogP contribution in [0.4, 0.5) is 0 Å². The lowest BCUT2D eigenvalue weighted by atomic mass is 10.0. The second-order valence-corrected chi connectivity index (χ2v) is 7.64. The first kappa shape index (κ1) is 18.6. The fourth-order valence-electron chi connectivity index (χ4n) is 3.83. The molecule has 4 heterocycles. The topological polar surface area (TPSA) is 116 Å². The predicted octanol–water partition coefficient (Wildman–Crippen LogP) is -0.408. The van der Waals surface area contributed by atoms with E-state index in [2.05, 4.69) is 43.2 Å². The van der Waals surface area contributed by atoms with E-state index in [0.717, 1.165) is 34.9 Å². The number of aryl methyl sites for hydroxylation is 1. The van der Waals surface area contributed by atoms with E-state index in [1.165, 1.54) is 18.4 Å². The number of hydroxylamine groups is 1. The Hall–Kier alpha value is -3.46. The van der Waals surface area contributed by atoms with E-state index in [9.17, 15) is 4.79 Å². The summed E-state index contributed by atoms with van der Waals surface area (Å²) in [4.78, 5) is 29.7. The number of rotatable bonds is 6. The quantitative estimate of drug-likeness (QED) is 0.519. The van der Waals surface area contributed by atoms with Crippen molar-refractivity contribution in [1.29, 1.82) is 0 Å². The Kier molecular flexibility index (Phi) is 4.80. The minimum absolute atomic E-state index is 0.206. The van der Waals surface area contributed by atoms with Crippen molar-refractivity contribution in [3.8, 4) is 0 Å². The SMILES string of the molecule is Cc1[nH]c(=Cc2nccnc2C2C=NNC2=O)c(=C2C=CON2)c1CCNC1CC1. The van der Waals surface area contributed by atoms with E-state index in [1.807, 2.05) is 12.2 Å². The van der Waals surface area contributed by atoms with Gasteiger partial charge in [0.25, 0.3) is 5.91 Å². The zero-order chi connectivity index (χ0) is 20.5. The minimum Gasteiger partial charge on any atom is -0.390 e. The average molecular weight is 405 g/mol. The van der Waals surface area contributed by atoms with Gasteiger partial charge in [-0.1, -0.05) is 0 Å². The molecule has 1 fully saturated rings. The Morgan fingerprint density at radius 2 is 2.17 bits per heavy atom. The summed E-state index contributed by atoms with van der Waals surface area (Å²) in [5.41, 5.74) is 9.82. The molecule has 9 heteroatoms. The first-order valence-electron chi connectivity index (χ1n) is 10.1. The molecule has 2 aromatic heterocycles. The molecule has 2 aromatic rings. The van der Waals surface area contributed by atoms with Crippen molar-refractivity contribution in [3.63, 3.8) is 0 Å². The van der Waals surface area contributed by atoms with E-state index >= 15 is 0 Å². The third-order valence-corrected chi connectivity index (χ3v) is 5.49. The molecule has 5 rings (SSSR count). The molecule has 1 unspecified atom stereocenters. The van der Waals surface area contributed by atoms with Gasteiger partial charge in [-0.3, -0.25) is 14.8 Å². The Morgan fingerprint density at radius 3 is 2.90 bits per heavy atom. The van der Waals surface area contributed by atoms with E-state index in [4.69, 9.17) is 4.84 Å². The summed E-state index contributed by atoms with van der Waals surface area (Å²) in [6, 6.07) is 0.667. The highest BCUT2D eigenvalue weighted by atomic mass is 16.6. The van der Waals surface area contributed by atoms with Gasteiger partial charge in [-0.2, -0.15) is 5.10 Å². The summed E-state index contributed by atoms with van der Waals surface area (Å²) in [5.74, 6) is -0.754. The molecule has 0 bridgehead atoms. The third kappa shape index (κ3) is 3.59. The summed E-state index contributed by atoms with van der Waals surface area (Å²) in [5, 5.41) is 9.37. The second-order valence-electron chi connectivity index (χ2n) is 7.64. The van der Waals surface area contributed by atoms with Crippen LogP contribution in [-0.2, 0) is 16.1 Å². The van der Waals surface area contributed by atoms with E-state index in [0.29, 0.717) is 17.4 Å². The fraction of sp³-hybridized carbons (Fsp3) is 0.333. The predicted molar refractivity (Wildman–Crippen MR) is 111 cm³/mol. The summed E-state index contributed by atoms with van der Waals surface area (Å²) >= 11 is 0. The van der Waals surface area contributed by atoms with Gasteiger partial charge < -0.3 is 15.1 Å². The number of carbonyl (C=O) groups is 1. The molecule has 154 valence electrons. The van der Waals surface area contributed by atoms with Gasteiger partial charge in [0, 0.05) is 41.6 Å². The van der Waals surface area contributed by atoms with E-state index in [1.54, 1.807) is 24.9 Å². The Bertz CT molecular complexity index is 1160. The maximum atomic E-state index is 12.1. The van der Waals surface area contributed by atoms with Crippen LogP contribution in [0.15, 0.2) is 29.8 Å². The number of aromatic nitrogens is 3. The van der Waals surface area contributed by atoms with Crippen molar-refractivity contribution in [2.45, 2.75) is 38.1 Å². The Balaban J connectivity index is 1.60.